The standard InChI is InChI=1S/C21H18FN7O/c1-21(2)15-17(23)26-19(27-18(15)28-20(21)30)16-13-8-5-9-24-29(13)14(25-16)10-11-6-3-4-7-12(11)22/h3-9H,10H2,1-2H3,(H3,23,26,27,28,30). The molecule has 1 aromatic carbocycles. The van der Waals surface area contributed by atoms with E-state index >= 15 is 0 Å². The number of carbonyl (C=O) groups is 1. The molecule has 0 aliphatic carbocycles. The lowest BCUT2D eigenvalue weighted by molar-refractivity contribution is -0.119. The lowest BCUT2D eigenvalue weighted by Crippen LogP contribution is -2.27. The molecule has 0 saturated carbocycles. The van der Waals surface area contributed by atoms with Crippen LogP contribution in [0.5, 0.6) is 0 Å². The van der Waals surface area contributed by atoms with Crippen molar-refractivity contribution in [2.24, 2.45) is 0 Å². The summed E-state index contributed by atoms with van der Waals surface area (Å²) in [6.45, 7) is 3.55. The quantitative estimate of drug-likeness (QED) is 0.544. The number of nitrogens with zero attached hydrogens (tertiary/aromatic N) is 5. The molecule has 8 nitrogen and oxygen atoms in total. The molecule has 0 atom stereocenters. The maximum atomic E-state index is 14.2. The first-order valence-corrected chi connectivity index (χ1v) is 9.42. The van der Waals surface area contributed by atoms with E-state index in [0.717, 1.165) is 0 Å². The van der Waals surface area contributed by atoms with E-state index in [1.165, 1.54) is 6.07 Å². The van der Waals surface area contributed by atoms with Gasteiger partial charge in [-0.2, -0.15) is 5.10 Å². The number of halogens is 1. The number of nitrogens with two attached hydrogens (primary N) is 1. The average Bonchev–Trinajstić information content (AvgIpc) is 3.18. The van der Waals surface area contributed by atoms with E-state index in [4.69, 9.17) is 5.73 Å². The van der Waals surface area contributed by atoms with Crippen molar-refractivity contribution in [2.45, 2.75) is 25.7 Å². The molecule has 3 aromatic heterocycles. The van der Waals surface area contributed by atoms with Gasteiger partial charge in [-0.1, -0.05) is 18.2 Å². The molecule has 1 aliphatic rings. The molecule has 4 aromatic rings. The highest BCUT2D eigenvalue weighted by atomic mass is 19.1. The number of nitrogens with one attached hydrogen (secondary N) is 1. The summed E-state index contributed by atoms with van der Waals surface area (Å²) in [6.07, 6.45) is 1.87. The molecule has 150 valence electrons. The SMILES string of the molecule is CC1(C)C(=O)Nc2nc(-c3nc(Cc4ccccc4F)n4ncccc34)nc(N)c21. The third-order valence-corrected chi connectivity index (χ3v) is 5.36. The van der Waals surface area contributed by atoms with Crippen LogP contribution in [0.4, 0.5) is 16.0 Å². The molecule has 0 fully saturated rings. The lowest BCUT2D eigenvalue weighted by atomic mass is 9.87. The molecule has 4 heterocycles. The number of fused-ring (bicyclic) bond motifs is 2. The van der Waals surface area contributed by atoms with Gasteiger partial charge in [-0.05, 0) is 37.6 Å². The molecule has 9 heteroatoms. The predicted octanol–water partition coefficient (Wildman–Crippen LogP) is 2.73. The zero-order valence-corrected chi connectivity index (χ0v) is 16.3. The number of imidazole rings is 1. The number of benzene rings is 1. The minimum absolute atomic E-state index is 0.188. The number of carbonyl (C=O) groups excluding carboxylic acids is 1. The van der Waals surface area contributed by atoms with Crippen LogP contribution in [-0.2, 0) is 16.6 Å². The van der Waals surface area contributed by atoms with Gasteiger partial charge in [0.15, 0.2) is 5.82 Å². The van der Waals surface area contributed by atoms with Crippen LogP contribution < -0.4 is 11.1 Å². The van der Waals surface area contributed by atoms with E-state index in [9.17, 15) is 9.18 Å². The molecule has 0 spiro atoms. The van der Waals surface area contributed by atoms with Crippen molar-refractivity contribution in [2.75, 3.05) is 11.1 Å². The average molecular weight is 403 g/mol. The Morgan fingerprint density at radius 2 is 1.93 bits per heavy atom. The molecule has 0 radical (unpaired) electrons. The second kappa shape index (κ2) is 6.31. The van der Waals surface area contributed by atoms with Crippen LogP contribution in [0.2, 0.25) is 0 Å². The Morgan fingerprint density at radius 3 is 2.73 bits per heavy atom. The predicted molar refractivity (Wildman–Crippen MR) is 109 cm³/mol. The topological polar surface area (TPSA) is 111 Å². The van der Waals surface area contributed by atoms with Crippen molar-refractivity contribution < 1.29 is 9.18 Å². The minimum Gasteiger partial charge on any atom is -0.383 e. The molecule has 0 unspecified atom stereocenters. The fraction of sp³-hybridized carbons (Fsp3) is 0.190. The normalized spacial score (nSPS) is 14.7. The number of amides is 1. The summed E-state index contributed by atoms with van der Waals surface area (Å²) in [7, 11) is 0. The van der Waals surface area contributed by atoms with Crippen LogP contribution in [0.15, 0.2) is 42.6 Å². The second-order valence-electron chi connectivity index (χ2n) is 7.70. The van der Waals surface area contributed by atoms with Gasteiger partial charge in [0.2, 0.25) is 5.91 Å². The van der Waals surface area contributed by atoms with Gasteiger partial charge >= 0.3 is 0 Å². The lowest BCUT2D eigenvalue weighted by Gasteiger charge is -2.15. The fourth-order valence-electron chi connectivity index (χ4n) is 3.75. The Hall–Kier alpha value is -3.88. The van der Waals surface area contributed by atoms with Gasteiger partial charge in [0.25, 0.3) is 0 Å². The van der Waals surface area contributed by atoms with Gasteiger partial charge in [-0.25, -0.2) is 23.9 Å². The molecule has 3 N–H and O–H groups in total. The maximum Gasteiger partial charge on any atom is 0.235 e. The third kappa shape index (κ3) is 2.62. The van der Waals surface area contributed by atoms with E-state index < -0.39 is 5.41 Å². The van der Waals surface area contributed by atoms with Crippen molar-refractivity contribution in [1.82, 2.24) is 24.6 Å². The largest absolute Gasteiger partial charge is 0.383 e. The van der Waals surface area contributed by atoms with Gasteiger partial charge in [0.1, 0.15) is 29.0 Å². The Kier molecular flexibility index (Phi) is 3.82. The van der Waals surface area contributed by atoms with E-state index in [-0.39, 0.29) is 29.8 Å². The summed E-state index contributed by atoms with van der Waals surface area (Å²) >= 11 is 0. The number of nitrogen functional groups attached to an aromatic ring is 1. The van der Waals surface area contributed by atoms with Crippen molar-refractivity contribution in [1.29, 1.82) is 0 Å². The molecule has 0 bridgehead atoms. The molecule has 30 heavy (non-hydrogen) atoms. The Labute approximate surface area is 171 Å². The van der Waals surface area contributed by atoms with Gasteiger partial charge in [-0.3, -0.25) is 4.79 Å². The highest BCUT2D eigenvalue weighted by molar-refractivity contribution is 6.06. The summed E-state index contributed by atoms with van der Waals surface area (Å²) in [5.41, 5.74) is 7.58. The number of rotatable bonds is 3. The van der Waals surface area contributed by atoms with Crippen LogP contribution in [0.1, 0.15) is 30.8 Å². The molecular formula is C21H18FN7O. The van der Waals surface area contributed by atoms with E-state index in [1.807, 2.05) is 6.07 Å². The summed E-state index contributed by atoms with van der Waals surface area (Å²) in [6, 6.07) is 10.1. The van der Waals surface area contributed by atoms with Crippen LogP contribution >= 0.6 is 0 Å². The first-order chi connectivity index (χ1) is 14.4. The molecule has 1 amide bonds. The highest BCUT2D eigenvalue weighted by Gasteiger charge is 2.42. The Morgan fingerprint density at radius 1 is 1.13 bits per heavy atom. The van der Waals surface area contributed by atoms with Crippen LogP contribution in [0.25, 0.3) is 17.0 Å². The molecule has 1 aliphatic heterocycles. The van der Waals surface area contributed by atoms with Gasteiger partial charge in [0, 0.05) is 12.6 Å². The Balaban J connectivity index is 1.67. The summed E-state index contributed by atoms with van der Waals surface area (Å²) in [4.78, 5) is 25.9. The van der Waals surface area contributed by atoms with Crippen LogP contribution in [0.3, 0.4) is 0 Å². The summed E-state index contributed by atoms with van der Waals surface area (Å²) in [5.74, 6) is 0.918. The van der Waals surface area contributed by atoms with E-state index in [0.29, 0.717) is 34.0 Å². The van der Waals surface area contributed by atoms with Gasteiger partial charge < -0.3 is 11.1 Å². The number of anilines is 2. The van der Waals surface area contributed by atoms with Crippen LogP contribution in [0, 0.1) is 5.82 Å². The van der Waals surface area contributed by atoms with E-state index in [1.54, 1.807) is 48.8 Å². The molecule has 0 saturated heterocycles. The van der Waals surface area contributed by atoms with Crippen molar-refractivity contribution >= 4 is 23.1 Å². The minimum atomic E-state index is -0.814. The Bertz CT molecular complexity index is 1330. The monoisotopic (exact) mass is 403 g/mol. The smallest absolute Gasteiger partial charge is 0.235 e. The van der Waals surface area contributed by atoms with E-state index in [2.05, 4.69) is 25.4 Å². The first kappa shape index (κ1) is 18.2. The number of hydrogen-bond donors (Lipinski definition) is 2. The summed E-state index contributed by atoms with van der Waals surface area (Å²) < 4.78 is 15.8. The fourth-order valence-corrected chi connectivity index (χ4v) is 3.75. The zero-order valence-electron chi connectivity index (χ0n) is 16.3. The van der Waals surface area contributed by atoms with Crippen molar-refractivity contribution in [3.8, 4) is 11.5 Å². The van der Waals surface area contributed by atoms with Crippen molar-refractivity contribution in [3.63, 3.8) is 0 Å². The first-order valence-electron chi connectivity index (χ1n) is 9.42. The number of aromatic nitrogens is 5. The summed E-state index contributed by atoms with van der Waals surface area (Å²) in [5, 5.41) is 7.13. The second-order valence-corrected chi connectivity index (χ2v) is 7.70. The van der Waals surface area contributed by atoms with Crippen molar-refractivity contribution in [3.05, 3.63) is 65.4 Å². The van der Waals surface area contributed by atoms with Gasteiger partial charge in [-0.15, -0.1) is 0 Å². The highest BCUT2D eigenvalue weighted by Crippen LogP contribution is 2.40. The van der Waals surface area contributed by atoms with Crippen LogP contribution in [-0.4, -0.2) is 30.5 Å². The third-order valence-electron chi connectivity index (χ3n) is 5.36. The number of hydrogen-bond acceptors (Lipinski definition) is 6. The maximum absolute atomic E-state index is 14.2. The molecule has 5 rings (SSSR count). The zero-order chi connectivity index (χ0) is 21.0. The van der Waals surface area contributed by atoms with Gasteiger partial charge in [0.05, 0.1) is 16.5 Å². The molecular weight excluding hydrogens is 385 g/mol.